The van der Waals surface area contributed by atoms with Crippen LogP contribution in [0, 0.1) is 12.3 Å². The van der Waals surface area contributed by atoms with Crippen LogP contribution in [0.1, 0.15) is 35.8 Å². The SMILES string of the molecule is CCn1nc(C)cc1-c1nnc(-c2cc(C(N)=O)cc3c2cnn3CC2(CN(C)C)CC2)[nH]1. The molecule has 0 saturated heterocycles. The van der Waals surface area contributed by atoms with Crippen LogP contribution in [0.4, 0.5) is 0 Å². The van der Waals surface area contributed by atoms with Gasteiger partial charge in [0, 0.05) is 41.6 Å². The summed E-state index contributed by atoms with van der Waals surface area (Å²) in [6.45, 7) is 6.51. The van der Waals surface area contributed by atoms with Crippen LogP contribution in [0.15, 0.2) is 24.4 Å². The quantitative estimate of drug-likeness (QED) is 0.428. The lowest BCUT2D eigenvalue weighted by Gasteiger charge is -2.20. The van der Waals surface area contributed by atoms with E-state index in [1.165, 1.54) is 12.8 Å². The van der Waals surface area contributed by atoms with E-state index >= 15 is 0 Å². The monoisotopic (exact) mass is 447 g/mol. The fourth-order valence-corrected chi connectivity index (χ4v) is 4.65. The van der Waals surface area contributed by atoms with E-state index in [9.17, 15) is 4.79 Å². The molecule has 1 aromatic carbocycles. The molecule has 0 spiro atoms. The number of nitrogens with two attached hydrogens (primary N) is 1. The van der Waals surface area contributed by atoms with Crippen LogP contribution in [0.25, 0.3) is 33.8 Å². The summed E-state index contributed by atoms with van der Waals surface area (Å²) in [5.74, 6) is 0.703. The summed E-state index contributed by atoms with van der Waals surface area (Å²) in [5.41, 5.74) is 9.73. The molecular formula is C23H29N9O. The fourth-order valence-electron chi connectivity index (χ4n) is 4.65. The van der Waals surface area contributed by atoms with E-state index in [0.29, 0.717) is 17.2 Å². The smallest absolute Gasteiger partial charge is 0.248 e. The van der Waals surface area contributed by atoms with Gasteiger partial charge in [-0.2, -0.15) is 10.2 Å². The van der Waals surface area contributed by atoms with Crippen LogP contribution < -0.4 is 5.73 Å². The number of aromatic nitrogens is 7. The first-order valence-corrected chi connectivity index (χ1v) is 11.2. The number of carbonyl (C=O) groups is 1. The van der Waals surface area contributed by atoms with E-state index in [2.05, 4.69) is 44.4 Å². The average molecular weight is 448 g/mol. The van der Waals surface area contributed by atoms with Crippen molar-refractivity contribution in [1.29, 1.82) is 0 Å². The number of nitrogens with zero attached hydrogens (tertiary/aromatic N) is 7. The number of amides is 1. The van der Waals surface area contributed by atoms with Crippen LogP contribution in [0.3, 0.4) is 0 Å². The zero-order chi connectivity index (χ0) is 23.3. The molecule has 3 heterocycles. The largest absolute Gasteiger partial charge is 0.366 e. The lowest BCUT2D eigenvalue weighted by molar-refractivity contribution is 0.100. The first kappa shape index (κ1) is 21.3. The molecule has 3 aromatic heterocycles. The highest BCUT2D eigenvalue weighted by Gasteiger charge is 2.43. The van der Waals surface area contributed by atoms with Crippen molar-refractivity contribution in [2.24, 2.45) is 11.1 Å². The lowest BCUT2D eigenvalue weighted by Crippen LogP contribution is -2.26. The van der Waals surface area contributed by atoms with Crippen LogP contribution >= 0.6 is 0 Å². The van der Waals surface area contributed by atoms with Crippen LogP contribution in [0.2, 0.25) is 0 Å². The number of benzene rings is 1. The highest BCUT2D eigenvalue weighted by Crippen LogP contribution is 2.48. The molecule has 0 atom stereocenters. The molecule has 10 heteroatoms. The summed E-state index contributed by atoms with van der Waals surface area (Å²) in [6, 6.07) is 5.56. The molecule has 1 saturated carbocycles. The number of rotatable bonds is 8. The number of aryl methyl sites for hydroxylation is 2. The van der Waals surface area contributed by atoms with Crippen molar-refractivity contribution in [3.63, 3.8) is 0 Å². The van der Waals surface area contributed by atoms with Crippen molar-refractivity contribution in [1.82, 2.24) is 39.6 Å². The molecule has 0 unspecified atom stereocenters. The summed E-state index contributed by atoms with van der Waals surface area (Å²) in [7, 11) is 4.19. The maximum atomic E-state index is 12.1. The number of aromatic amines is 1. The van der Waals surface area contributed by atoms with Gasteiger partial charge in [-0.25, -0.2) is 0 Å². The zero-order valence-corrected chi connectivity index (χ0v) is 19.5. The van der Waals surface area contributed by atoms with Crippen molar-refractivity contribution in [3.05, 3.63) is 35.7 Å². The minimum atomic E-state index is -0.486. The molecule has 1 aliphatic rings. The number of primary amides is 1. The van der Waals surface area contributed by atoms with Gasteiger partial charge in [-0.3, -0.25) is 14.2 Å². The molecule has 0 bridgehead atoms. The summed E-state index contributed by atoms with van der Waals surface area (Å²) >= 11 is 0. The van der Waals surface area contributed by atoms with Crippen LogP contribution in [-0.2, 0) is 13.1 Å². The fraction of sp³-hybridized carbons (Fsp3) is 0.435. The number of hydrogen-bond acceptors (Lipinski definition) is 6. The van der Waals surface area contributed by atoms with Gasteiger partial charge < -0.3 is 15.6 Å². The number of fused-ring (bicyclic) bond motifs is 1. The number of H-pyrrole nitrogens is 1. The molecule has 1 fully saturated rings. The summed E-state index contributed by atoms with van der Waals surface area (Å²) in [6.07, 6.45) is 4.18. The van der Waals surface area contributed by atoms with Gasteiger partial charge >= 0.3 is 0 Å². The van der Waals surface area contributed by atoms with Crippen molar-refractivity contribution < 1.29 is 4.79 Å². The first-order chi connectivity index (χ1) is 15.8. The lowest BCUT2D eigenvalue weighted by atomic mass is 10.0. The van der Waals surface area contributed by atoms with Crippen molar-refractivity contribution in [2.75, 3.05) is 20.6 Å². The van der Waals surface area contributed by atoms with Gasteiger partial charge in [0.25, 0.3) is 0 Å². The Hall–Kier alpha value is -3.53. The van der Waals surface area contributed by atoms with Gasteiger partial charge in [-0.1, -0.05) is 0 Å². The third kappa shape index (κ3) is 3.91. The van der Waals surface area contributed by atoms with Crippen LogP contribution in [0.5, 0.6) is 0 Å². The Morgan fingerprint density at radius 2 is 1.94 bits per heavy atom. The van der Waals surface area contributed by atoms with E-state index in [0.717, 1.165) is 47.5 Å². The van der Waals surface area contributed by atoms with Crippen molar-refractivity contribution >= 4 is 16.8 Å². The second-order valence-electron chi connectivity index (χ2n) is 9.37. The maximum Gasteiger partial charge on any atom is 0.248 e. The molecule has 172 valence electrons. The van der Waals surface area contributed by atoms with E-state index < -0.39 is 5.91 Å². The number of carbonyl (C=O) groups excluding carboxylic acids is 1. The summed E-state index contributed by atoms with van der Waals surface area (Å²) < 4.78 is 3.88. The Kier molecular flexibility index (Phi) is 5.04. The molecule has 1 amide bonds. The zero-order valence-electron chi connectivity index (χ0n) is 19.5. The molecule has 5 rings (SSSR count). The molecular weight excluding hydrogens is 418 g/mol. The average Bonchev–Trinajstić information content (AvgIpc) is 3.13. The van der Waals surface area contributed by atoms with Gasteiger partial charge in [0.2, 0.25) is 5.91 Å². The minimum absolute atomic E-state index is 0.223. The Labute approximate surface area is 191 Å². The second-order valence-corrected chi connectivity index (χ2v) is 9.37. The standard InChI is InChI=1S/C23H29N9O/c1-5-31-19(8-14(2)29-31)22-26-21(27-28-22)16-9-15(20(24)33)10-18-17(16)11-25-32(18)13-23(6-7-23)12-30(3)4/h8-11H,5-7,12-13H2,1-4H3,(H2,24,33)(H,26,27,28). The Morgan fingerprint density at radius 3 is 2.61 bits per heavy atom. The Bertz CT molecular complexity index is 1340. The third-order valence-electron chi connectivity index (χ3n) is 6.33. The van der Waals surface area contributed by atoms with Gasteiger partial charge in [-0.05, 0) is 59.0 Å². The molecule has 1 aliphatic carbocycles. The number of nitrogens with one attached hydrogen (secondary N) is 1. The van der Waals surface area contributed by atoms with E-state index in [1.54, 1.807) is 6.07 Å². The Balaban J connectivity index is 1.58. The highest BCUT2D eigenvalue weighted by atomic mass is 16.1. The van der Waals surface area contributed by atoms with E-state index in [-0.39, 0.29) is 5.41 Å². The first-order valence-electron chi connectivity index (χ1n) is 11.2. The third-order valence-corrected chi connectivity index (χ3v) is 6.33. The van der Waals surface area contributed by atoms with Crippen LogP contribution in [-0.4, -0.2) is 66.2 Å². The molecule has 0 aliphatic heterocycles. The number of hydrogen-bond donors (Lipinski definition) is 2. The van der Waals surface area contributed by atoms with Crippen molar-refractivity contribution in [2.45, 2.75) is 39.8 Å². The summed E-state index contributed by atoms with van der Waals surface area (Å²) in [4.78, 5) is 17.7. The molecule has 0 radical (unpaired) electrons. The van der Waals surface area contributed by atoms with E-state index in [4.69, 9.17) is 5.73 Å². The second kappa shape index (κ2) is 7.80. The van der Waals surface area contributed by atoms with Gasteiger partial charge in [0.05, 0.1) is 17.4 Å². The normalized spacial score (nSPS) is 14.9. The Morgan fingerprint density at radius 1 is 1.18 bits per heavy atom. The molecule has 10 nitrogen and oxygen atoms in total. The van der Waals surface area contributed by atoms with Gasteiger partial charge in [0.1, 0.15) is 5.69 Å². The predicted octanol–water partition coefficient (Wildman–Crippen LogP) is 2.45. The maximum absolute atomic E-state index is 12.1. The topological polar surface area (TPSA) is 124 Å². The van der Waals surface area contributed by atoms with Gasteiger partial charge in [-0.15, -0.1) is 10.2 Å². The van der Waals surface area contributed by atoms with Gasteiger partial charge in [0.15, 0.2) is 11.6 Å². The highest BCUT2D eigenvalue weighted by molar-refractivity contribution is 6.02. The molecule has 33 heavy (non-hydrogen) atoms. The molecule has 4 aromatic rings. The minimum Gasteiger partial charge on any atom is -0.366 e. The summed E-state index contributed by atoms with van der Waals surface area (Å²) in [5, 5.41) is 18.8. The molecule has 3 N–H and O–H groups in total. The predicted molar refractivity (Wildman–Crippen MR) is 125 cm³/mol. The van der Waals surface area contributed by atoms with E-state index in [1.807, 2.05) is 41.5 Å². The van der Waals surface area contributed by atoms with Crippen molar-refractivity contribution in [3.8, 4) is 22.9 Å².